The van der Waals surface area contributed by atoms with Gasteiger partial charge in [-0.05, 0) is 26.5 Å². The topological polar surface area (TPSA) is 95.1 Å². The van der Waals surface area contributed by atoms with Gasteiger partial charge in [0.15, 0.2) is 5.82 Å². The number of nitrogens with zero attached hydrogens (tertiary/aromatic N) is 3. The van der Waals surface area contributed by atoms with Crippen LogP contribution in [-0.2, 0) is 22.6 Å². The molecule has 27 heavy (non-hydrogen) atoms. The zero-order valence-electron chi connectivity index (χ0n) is 16.4. The summed E-state index contributed by atoms with van der Waals surface area (Å²) in [4.78, 5) is 21.1. The van der Waals surface area contributed by atoms with Gasteiger partial charge in [0.2, 0.25) is 0 Å². The lowest BCUT2D eigenvalue weighted by atomic mass is 10.1. The van der Waals surface area contributed by atoms with Crippen LogP contribution in [0.4, 0.5) is 5.82 Å². The molecule has 0 saturated heterocycles. The molecule has 0 atom stereocenters. The average Bonchev–Trinajstić information content (AvgIpc) is 2.98. The van der Waals surface area contributed by atoms with E-state index in [9.17, 15) is 4.79 Å². The molecule has 0 aliphatic rings. The Kier molecular flexibility index (Phi) is 5.32. The molecule has 0 saturated carbocycles. The molecule has 2 heterocycles. The van der Waals surface area contributed by atoms with Crippen molar-refractivity contribution in [1.82, 2.24) is 19.9 Å². The lowest BCUT2D eigenvalue weighted by Crippen LogP contribution is -2.34. The summed E-state index contributed by atoms with van der Waals surface area (Å²) >= 11 is 0. The zero-order chi connectivity index (χ0) is 19.6. The summed E-state index contributed by atoms with van der Waals surface area (Å²) < 4.78 is 7.75. The molecule has 0 radical (unpaired) electrons. The number of nitrogens with one attached hydrogen (secondary N) is 1. The van der Waals surface area contributed by atoms with Gasteiger partial charge in [0.1, 0.15) is 16.9 Å². The van der Waals surface area contributed by atoms with E-state index in [1.807, 2.05) is 45.0 Å². The first-order valence-electron chi connectivity index (χ1n) is 9.32. The Bertz CT molecular complexity index is 977. The van der Waals surface area contributed by atoms with Crippen molar-refractivity contribution in [2.45, 2.75) is 52.8 Å². The first-order valence-corrected chi connectivity index (χ1v) is 9.32. The summed E-state index contributed by atoms with van der Waals surface area (Å²) in [7, 11) is 0. The second-order valence-electron chi connectivity index (χ2n) is 7.19. The first-order chi connectivity index (χ1) is 12.9. The highest BCUT2D eigenvalue weighted by molar-refractivity contribution is 6.06. The fraction of sp³-hybridized carbons (Fsp3) is 0.450. The quantitative estimate of drug-likeness (QED) is 0.622. The number of hydrogen-bond acceptors (Lipinski definition) is 6. The fourth-order valence-corrected chi connectivity index (χ4v) is 3.24. The molecule has 1 aromatic carbocycles. The molecular formula is C20H27N5O2. The van der Waals surface area contributed by atoms with Crippen LogP contribution in [0.15, 0.2) is 24.3 Å². The highest BCUT2D eigenvalue weighted by Gasteiger charge is 2.27. The van der Waals surface area contributed by atoms with E-state index in [1.165, 1.54) is 0 Å². The van der Waals surface area contributed by atoms with Gasteiger partial charge in [0.25, 0.3) is 0 Å². The largest absolute Gasteiger partial charge is 0.458 e. The van der Waals surface area contributed by atoms with Gasteiger partial charge in [-0.1, -0.05) is 32.0 Å². The van der Waals surface area contributed by atoms with Crippen LogP contribution in [0, 0.1) is 0 Å². The number of hydrogen-bond donors (Lipinski definition) is 2. The molecule has 0 fully saturated rings. The van der Waals surface area contributed by atoms with E-state index in [1.54, 1.807) is 6.92 Å². The minimum atomic E-state index is -0.680. The Morgan fingerprint density at radius 3 is 2.70 bits per heavy atom. The van der Waals surface area contributed by atoms with Crippen LogP contribution in [0.2, 0.25) is 0 Å². The number of esters is 1. The Morgan fingerprint density at radius 1 is 1.26 bits per heavy atom. The number of nitrogens with two attached hydrogens (primary N) is 1. The zero-order valence-corrected chi connectivity index (χ0v) is 16.4. The van der Waals surface area contributed by atoms with E-state index in [0.717, 1.165) is 28.8 Å². The molecule has 7 nitrogen and oxygen atoms in total. The highest BCUT2D eigenvalue weighted by atomic mass is 16.6. The number of carbonyl (C=O) groups excluding carboxylic acids is 1. The van der Waals surface area contributed by atoms with Gasteiger partial charge < -0.3 is 20.4 Å². The number of nitrogen functional groups attached to an aromatic ring is 1. The summed E-state index contributed by atoms with van der Waals surface area (Å²) in [6.07, 6.45) is 0.345. The molecule has 2 aromatic heterocycles. The van der Waals surface area contributed by atoms with E-state index in [2.05, 4.69) is 14.9 Å². The minimum Gasteiger partial charge on any atom is -0.458 e. The van der Waals surface area contributed by atoms with E-state index in [4.69, 9.17) is 15.5 Å². The maximum atomic E-state index is 11.9. The Balaban J connectivity index is 2.19. The smallest absolute Gasteiger partial charge is 0.306 e. The van der Waals surface area contributed by atoms with E-state index >= 15 is 0 Å². The van der Waals surface area contributed by atoms with Crippen molar-refractivity contribution in [2.24, 2.45) is 0 Å². The second kappa shape index (κ2) is 7.52. The number of anilines is 1. The number of pyridine rings is 1. The van der Waals surface area contributed by atoms with Crippen LogP contribution in [0.3, 0.4) is 0 Å². The molecule has 7 heteroatoms. The monoisotopic (exact) mass is 369 g/mol. The lowest BCUT2D eigenvalue weighted by molar-refractivity contribution is -0.157. The van der Waals surface area contributed by atoms with Crippen molar-refractivity contribution in [1.29, 1.82) is 0 Å². The third-order valence-corrected chi connectivity index (χ3v) is 4.44. The van der Waals surface area contributed by atoms with Crippen LogP contribution < -0.4 is 11.1 Å². The van der Waals surface area contributed by atoms with E-state index in [-0.39, 0.29) is 5.97 Å². The van der Waals surface area contributed by atoms with Crippen LogP contribution in [0.25, 0.3) is 21.9 Å². The third kappa shape index (κ3) is 3.88. The Morgan fingerprint density at radius 2 is 2.00 bits per heavy atom. The van der Waals surface area contributed by atoms with Gasteiger partial charge in [-0.15, -0.1) is 0 Å². The normalized spacial score (nSPS) is 12.0. The molecule has 0 bridgehead atoms. The average molecular weight is 369 g/mol. The van der Waals surface area contributed by atoms with Crippen molar-refractivity contribution in [3.05, 3.63) is 30.1 Å². The molecule has 0 unspecified atom stereocenters. The van der Waals surface area contributed by atoms with Gasteiger partial charge >= 0.3 is 5.97 Å². The van der Waals surface area contributed by atoms with Crippen molar-refractivity contribution >= 4 is 33.7 Å². The van der Waals surface area contributed by atoms with E-state index in [0.29, 0.717) is 30.8 Å². The number of aromatic nitrogens is 3. The Hall–Kier alpha value is -2.67. The predicted octanol–water partition coefficient (Wildman–Crippen LogP) is 3.01. The maximum absolute atomic E-state index is 11.9. The Labute approximate surface area is 158 Å². The lowest BCUT2D eigenvalue weighted by Gasteiger charge is -2.27. The van der Waals surface area contributed by atoms with Crippen molar-refractivity contribution in [2.75, 3.05) is 12.3 Å². The first kappa shape index (κ1) is 19.1. The van der Waals surface area contributed by atoms with Gasteiger partial charge in [0, 0.05) is 11.8 Å². The SMILES string of the molecule is CCNCc1nc2c(N)nc3ccccc3c2n1CC(C)(C)OC(=O)CC. The summed E-state index contributed by atoms with van der Waals surface area (Å²) in [6, 6.07) is 7.87. The third-order valence-electron chi connectivity index (χ3n) is 4.44. The van der Waals surface area contributed by atoms with Gasteiger partial charge in [-0.3, -0.25) is 4.79 Å². The molecule has 0 aliphatic carbocycles. The summed E-state index contributed by atoms with van der Waals surface area (Å²) in [5.74, 6) is 1.03. The maximum Gasteiger partial charge on any atom is 0.306 e. The van der Waals surface area contributed by atoms with Crippen molar-refractivity contribution in [3.8, 4) is 0 Å². The molecule has 144 valence electrons. The molecular weight excluding hydrogens is 342 g/mol. The van der Waals surface area contributed by atoms with E-state index < -0.39 is 5.60 Å². The van der Waals surface area contributed by atoms with Crippen LogP contribution in [0.5, 0.6) is 0 Å². The van der Waals surface area contributed by atoms with Gasteiger partial charge in [-0.2, -0.15) is 0 Å². The van der Waals surface area contributed by atoms with Crippen LogP contribution in [-0.4, -0.2) is 32.7 Å². The number of rotatable bonds is 7. The molecule has 0 aliphatic heterocycles. The molecule has 3 N–H and O–H groups in total. The summed E-state index contributed by atoms with van der Waals surface area (Å²) in [5.41, 5.74) is 7.95. The number of carbonyl (C=O) groups is 1. The number of para-hydroxylation sites is 1. The number of benzene rings is 1. The van der Waals surface area contributed by atoms with Crippen molar-refractivity contribution in [3.63, 3.8) is 0 Å². The second-order valence-corrected chi connectivity index (χ2v) is 7.19. The highest BCUT2D eigenvalue weighted by Crippen LogP contribution is 2.30. The summed E-state index contributed by atoms with van der Waals surface area (Å²) in [6.45, 7) is 9.56. The van der Waals surface area contributed by atoms with Crippen LogP contribution in [0.1, 0.15) is 39.9 Å². The number of ether oxygens (including phenoxy) is 1. The fourth-order valence-electron chi connectivity index (χ4n) is 3.24. The molecule has 3 aromatic rings. The number of fused-ring (bicyclic) bond motifs is 3. The van der Waals surface area contributed by atoms with Gasteiger partial charge in [0.05, 0.1) is 24.1 Å². The molecule has 0 amide bonds. The summed E-state index contributed by atoms with van der Waals surface area (Å²) in [5, 5.41) is 4.30. The predicted molar refractivity (Wildman–Crippen MR) is 107 cm³/mol. The molecule has 3 rings (SSSR count). The standard InChI is InChI=1S/C20H27N5O2/c1-5-16(26)27-20(3,4)12-25-15(11-22-6-2)24-17-18(25)13-9-7-8-10-14(13)23-19(17)21/h7-10,22H,5-6,11-12H2,1-4H3,(H2,21,23). The van der Waals surface area contributed by atoms with Crippen LogP contribution >= 0.6 is 0 Å². The number of imidazole rings is 1. The van der Waals surface area contributed by atoms with Crippen molar-refractivity contribution < 1.29 is 9.53 Å². The molecule has 0 spiro atoms. The minimum absolute atomic E-state index is 0.219. The van der Waals surface area contributed by atoms with Gasteiger partial charge in [-0.25, -0.2) is 9.97 Å².